The number of benzene rings is 2. The number of rotatable bonds is 4. The molecule has 0 spiro atoms. The smallest absolute Gasteiger partial charge is 0.262 e. The highest BCUT2D eigenvalue weighted by Crippen LogP contribution is 2.31. The van der Waals surface area contributed by atoms with Gasteiger partial charge in [0.15, 0.2) is 0 Å². The Kier molecular flexibility index (Phi) is 3.68. The fourth-order valence-corrected chi connectivity index (χ4v) is 3.56. The third kappa shape index (κ3) is 2.60. The first kappa shape index (κ1) is 14.3. The van der Waals surface area contributed by atoms with E-state index in [9.17, 15) is 8.42 Å². The average molecular weight is 314 g/mol. The monoisotopic (exact) mass is 314 g/mol. The lowest BCUT2D eigenvalue weighted by molar-refractivity contribution is 0.419. The van der Waals surface area contributed by atoms with Gasteiger partial charge in [-0.25, -0.2) is 8.42 Å². The molecule has 2 aromatic carbocycles. The van der Waals surface area contributed by atoms with Crippen molar-refractivity contribution >= 4 is 26.5 Å². The molecule has 0 bridgehead atoms. The summed E-state index contributed by atoms with van der Waals surface area (Å²) in [5, 5.41) is 1.37. The molecular formula is C16H14N2O3S. The van der Waals surface area contributed by atoms with E-state index in [1.165, 1.54) is 12.4 Å². The number of pyridine rings is 1. The lowest BCUT2D eigenvalue weighted by Gasteiger charge is -2.12. The molecule has 0 aliphatic rings. The highest BCUT2D eigenvalue weighted by molar-refractivity contribution is 7.93. The number of hydrogen-bond acceptors (Lipinski definition) is 4. The molecule has 0 saturated heterocycles. The second-order valence-electron chi connectivity index (χ2n) is 4.65. The SMILES string of the molecule is COc1ccc(S(=O)(=O)Nc2ccncc2)c2ccccc12. The van der Waals surface area contributed by atoms with Crippen LogP contribution in [0.5, 0.6) is 5.75 Å². The summed E-state index contributed by atoms with van der Waals surface area (Å²) >= 11 is 0. The Labute approximate surface area is 128 Å². The highest BCUT2D eigenvalue weighted by atomic mass is 32.2. The Morgan fingerprint density at radius 2 is 1.64 bits per heavy atom. The van der Waals surface area contributed by atoms with Gasteiger partial charge in [0.05, 0.1) is 17.7 Å². The third-order valence-corrected chi connectivity index (χ3v) is 4.73. The molecule has 22 heavy (non-hydrogen) atoms. The van der Waals surface area contributed by atoms with Crippen molar-refractivity contribution in [2.45, 2.75) is 4.90 Å². The van der Waals surface area contributed by atoms with E-state index in [0.29, 0.717) is 16.8 Å². The predicted molar refractivity (Wildman–Crippen MR) is 85.5 cm³/mol. The topological polar surface area (TPSA) is 68.3 Å². The summed E-state index contributed by atoms with van der Waals surface area (Å²) in [6.07, 6.45) is 3.06. The molecule has 0 radical (unpaired) electrons. The van der Waals surface area contributed by atoms with Crippen molar-refractivity contribution < 1.29 is 13.2 Å². The maximum absolute atomic E-state index is 12.6. The molecule has 3 aromatic rings. The van der Waals surface area contributed by atoms with E-state index in [1.807, 2.05) is 12.1 Å². The van der Waals surface area contributed by atoms with Gasteiger partial charge in [-0.2, -0.15) is 0 Å². The first-order valence-corrected chi connectivity index (χ1v) is 8.09. The molecule has 3 rings (SSSR count). The minimum atomic E-state index is -3.70. The van der Waals surface area contributed by atoms with Crippen LogP contribution in [0.25, 0.3) is 10.8 Å². The van der Waals surface area contributed by atoms with Crippen LogP contribution in [0.2, 0.25) is 0 Å². The fraction of sp³-hybridized carbons (Fsp3) is 0.0625. The van der Waals surface area contributed by atoms with Gasteiger partial charge in [0.2, 0.25) is 0 Å². The lowest BCUT2D eigenvalue weighted by Crippen LogP contribution is -2.13. The fourth-order valence-electron chi connectivity index (χ4n) is 2.29. The Morgan fingerprint density at radius 1 is 0.955 bits per heavy atom. The number of nitrogens with one attached hydrogen (secondary N) is 1. The van der Waals surface area contributed by atoms with Crippen molar-refractivity contribution in [3.63, 3.8) is 0 Å². The Hall–Kier alpha value is -2.60. The van der Waals surface area contributed by atoms with Crippen LogP contribution in [0.1, 0.15) is 0 Å². The van der Waals surface area contributed by atoms with Crippen molar-refractivity contribution in [2.75, 3.05) is 11.8 Å². The second kappa shape index (κ2) is 5.65. The number of sulfonamides is 1. The van der Waals surface area contributed by atoms with Gasteiger partial charge >= 0.3 is 0 Å². The molecule has 0 aliphatic carbocycles. The van der Waals surface area contributed by atoms with Gasteiger partial charge in [-0.15, -0.1) is 0 Å². The van der Waals surface area contributed by atoms with Crippen molar-refractivity contribution in [3.05, 3.63) is 60.9 Å². The maximum Gasteiger partial charge on any atom is 0.262 e. The number of nitrogens with zero attached hydrogens (tertiary/aromatic N) is 1. The van der Waals surface area contributed by atoms with Gasteiger partial charge in [-0.1, -0.05) is 24.3 Å². The summed E-state index contributed by atoms with van der Waals surface area (Å²) in [4.78, 5) is 4.08. The molecule has 1 heterocycles. The largest absolute Gasteiger partial charge is 0.496 e. The first-order chi connectivity index (χ1) is 10.6. The zero-order valence-corrected chi connectivity index (χ0v) is 12.7. The summed E-state index contributed by atoms with van der Waals surface area (Å²) in [6.45, 7) is 0. The standard InChI is InChI=1S/C16H14N2O3S/c1-21-15-6-7-16(14-5-3-2-4-13(14)15)22(19,20)18-12-8-10-17-11-9-12/h2-11H,1H3,(H,17,18). The van der Waals surface area contributed by atoms with Crippen LogP contribution >= 0.6 is 0 Å². The summed E-state index contributed by atoms with van der Waals surface area (Å²) < 4.78 is 33.1. The van der Waals surface area contributed by atoms with E-state index in [1.54, 1.807) is 43.5 Å². The van der Waals surface area contributed by atoms with Gasteiger partial charge in [0, 0.05) is 23.2 Å². The molecule has 0 amide bonds. The van der Waals surface area contributed by atoms with Gasteiger partial charge in [-0.3, -0.25) is 9.71 Å². The van der Waals surface area contributed by atoms with Gasteiger partial charge in [0.25, 0.3) is 10.0 Å². The summed E-state index contributed by atoms with van der Waals surface area (Å²) in [6, 6.07) is 13.6. The van der Waals surface area contributed by atoms with Crippen LogP contribution in [-0.4, -0.2) is 20.5 Å². The summed E-state index contributed by atoms with van der Waals surface area (Å²) in [7, 11) is -2.14. The average Bonchev–Trinajstić information content (AvgIpc) is 2.54. The Morgan fingerprint density at radius 3 is 2.32 bits per heavy atom. The molecule has 1 N–H and O–H groups in total. The van der Waals surface area contributed by atoms with Crippen LogP contribution in [0, 0.1) is 0 Å². The highest BCUT2D eigenvalue weighted by Gasteiger charge is 2.19. The second-order valence-corrected chi connectivity index (χ2v) is 6.30. The van der Waals surface area contributed by atoms with Crippen LogP contribution in [0.15, 0.2) is 65.8 Å². The van der Waals surface area contributed by atoms with E-state index in [4.69, 9.17) is 4.74 Å². The molecule has 0 unspecified atom stereocenters. The van der Waals surface area contributed by atoms with Crippen molar-refractivity contribution in [1.82, 2.24) is 4.98 Å². The number of aromatic nitrogens is 1. The molecule has 1 aromatic heterocycles. The summed E-state index contributed by atoms with van der Waals surface area (Å²) in [5.74, 6) is 0.637. The van der Waals surface area contributed by atoms with E-state index in [0.717, 1.165) is 5.39 Å². The quantitative estimate of drug-likeness (QED) is 0.803. The zero-order valence-electron chi connectivity index (χ0n) is 11.9. The zero-order chi connectivity index (χ0) is 15.6. The first-order valence-electron chi connectivity index (χ1n) is 6.60. The molecule has 112 valence electrons. The number of methoxy groups -OCH3 is 1. The lowest BCUT2D eigenvalue weighted by atomic mass is 10.1. The van der Waals surface area contributed by atoms with E-state index < -0.39 is 10.0 Å². The normalized spacial score (nSPS) is 11.3. The Bertz CT molecular complexity index is 909. The number of ether oxygens (including phenoxy) is 1. The van der Waals surface area contributed by atoms with E-state index in [2.05, 4.69) is 9.71 Å². The van der Waals surface area contributed by atoms with Crippen molar-refractivity contribution in [2.24, 2.45) is 0 Å². The molecular weight excluding hydrogens is 300 g/mol. The van der Waals surface area contributed by atoms with Gasteiger partial charge < -0.3 is 4.74 Å². The van der Waals surface area contributed by atoms with Crippen LogP contribution < -0.4 is 9.46 Å². The molecule has 0 fully saturated rings. The number of fused-ring (bicyclic) bond motifs is 1. The van der Waals surface area contributed by atoms with Gasteiger partial charge in [-0.05, 0) is 24.3 Å². The van der Waals surface area contributed by atoms with E-state index in [-0.39, 0.29) is 4.90 Å². The minimum Gasteiger partial charge on any atom is -0.496 e. The van der Waals surface area contributed by atoms with Crippen molar-refractivity contribution in [3.8, 4) is 5.75 Å². The Balaban J connectivity index is 2.14. The van der Waals surface area contributed by atoms with Gasteiger partial charge in [0.1, 0.15) is 5.75 Å². The minimum absolute atomic E-state index is 0.209. The molecule has 0 saturated carbocycles. The molecule has 6 heteroatoms. The van der Waals surface area contributed by atoms with E-state index >= 15 is 0 Å². The maximum atomic E-state index is 12.6. The van der Waals surface area contributed by atoms with Crippen LogP contribution in [-0.2, 0) is 10.0 Å². The predicted octanol–water partition coefficient (Wildman–Crippen LogP) is 3.04. The number of anilines is 1. The summed E-state index contributed by atoms with van der Waals surface area (Å²) in [5.41, 5.74) is 0.467. The molecule has 5 nitrogen and oxygen atoms in total. The van der Waals surface area contributed by atoms with Crippen LogP contribution in [0.4, 0.5) is 5.69 Å². The van der Waals surface area contributed by atoms with Crippen molar-refractivity contribution in [1.29, 1.82) is 0 Å². The molecule has 0 atom stereocenters. The number of hydrogen-bond donors (Lipinski definition) is 1. The molecule has 0 aliphatic heterocycles. The third-order valence-electron chi connectivity index (χ3n) is 3.29. The van der Waals surface area contributed by atoms with Crippen LogP contribution in [0.3, 0.4) is 0 Å².